The molecular weight excluding hydrogens is 362 g/mol. The van der Waals surface area contributed by atoms with Crippen LogP contribution >= 0.6 is 0 Å². The van der Waals surface area contributed by atoms with Crippen molar-refractivity contribution in [2.24, 2.45) is 0 Å². The molecular formula is C20H19N3O5. The number of hydrogen-bond donors (Lipinski definition) is 1. The van der Waals surface area contributed by atoms with Gasteiger partial charge < -0.3 is 24.1 Å². The largest absolute Gasteiger partial charge is 0.508 e. The van der Waals surface area contributed by atoms with Gasteiger partial charge in [-0.05, 0) is 36.4 Å². The summed E-state index contributed by atoms with van der Waals surface area (Å²) in [5.41, 5.74) is 2.03. The fourth-order valence-electron chi connectivity index (χ4n) is 3.21. The Morgan fingerprint density at radius 1 is 1.07 bits per heavy atom. The Kier molecular flexibility index (Phi) is 4.60. The SMILES string of the molecule is COC(=O)c1ccc2nc(N3CCN(C(=O)c4cccc(O)c4)CC3)oc2c1. The number of carbonyl (C=O) groups excluding carboxylic acids is 2. The van der Waals surface area contributed by atoms with Gasteiger partial charge in [0, 0.05) is 31.7 Å². The molecule has 28 heavy (non-hydrogen) atoms. The second kappa shape index (κ2) is 7.22. The van der Waals surface area contributed by atoms with Crippen LogP contribution in [0.25, 0.3) is 11.1 Å². The maximum Gasteiger partial charge on any atom is 0.337 e. The number of piperazine rings is 1. The summed E-state index contributed by atoms with van der Waals surface area (Å²) in [6.07, 6.45) is 0. The Morgan fingerprint density at radius 2 is 1.86 bits per heavy atom. The quantitative estimate of drug-likeness (QED) is 0.695. The van der Waals surface area contributed by atoms with Gasteiger partial charge in [-0.2, -0.15) is 4.98 Å². The maximum absolute atomic E-state index is 12.6. The molecule has 1 aromatic heterocycles. The molecule has 2 heterocycles. The van der Waals surface area contributed by atoms with Crippen LogP contribution < -0.4 is 4.90 Å². The zero-order valence-corrected chi connectivity index (χ0v) is 15.3. The van der Waals surface area contributed by atoms with Crippen molar-refractivity contribution in [1.82, 2.24) is 9.88 Å². The van der Waals surface area contributed by atoms with Crippen molar-refractivity contribution in [2.75, 3.05) is 38.2 Å². The summed E-state index contributed by atoms with van der Waals surface area (Å²) in [5, 5.41) is 9.56. The van der Waals surface area contributed by atoms with E-state index in [1.807, 2.05) is 4.90 Å². The first-order valence-electron chi connectivity index (χ1n) is 8.87. The summed E-state index contributed by atoms with van der Waals surface area (Å²) >= 11 is 0. The lowest BCUT2D eigenvalue weighted by atomic mass is 10.1. The number of benzene rings is 2. The molecule has 1 saturated heterocycles. The molecule has 2 aromatic carbocycles. The Labute approximate surface area is 160 Å². The van der Waals surface area contributed by atoms with E-state index in [0.717, 1.165) is 0 Å². The van der Waals surface area contributed by atoms with Crippen LogP contribution in [0.2, 0.25) is 0 Å². The topological polar surface area (TPSA) is 96.1 Å². The minimum Gasteiger partial charge on any atom is -0.508 e. The minimum atomic E-state index is -0.432. The second-order valence-corrected chi connectivity index (χ2v) is 6.50. The number of aromatic hydroxyl groups is 1. The number of aromatic nitrogens is 1. The van der Waals surface area contributed by atoms with Crippen molar-refractivity contribution in [2.45, 2.75) is 0 Å². The molecule has 0 atom stereocenters. The number of phenols is 1. The van der Waals surface area contributed by atoms with Crippen LogP contribution in [0.5, 0.6) is 5.75 Å². The van der Waals surface area contributed by atoms with Crippen LogP contribution in [0.1, 0.15) is 20.7 Å². The van der Waals surface area contributed by atoms with Crippen LogP contribution in [0.15, 0.2) is 46.9 Å². The summed E-state index contributed by atoms with van der Waals surface area (Å²) < 4.78 is 10.5. The molecule has 4 rings (SSSR count). The first-order chi connectivity index (χ1) is 13.5. The molecule has 0 radical (unpaired) electrons. The molecule has 8 heteroatoms. The predicted octanol–water partition coefficient (Wildman–Crippen LogP) is 2.28. The monoisotopic (exact) mass is 381 g/mol. The zero-order chi connectivity index (χ0) is 19.7. The number of nitrogens with zero attached hydrogens (tertiary/aromatic N) is 3. The van der Waals surface area contributed by atoms with E-state index < -0.39 is 5.97 Å². The van der Waals surface area contributed by atoms with Crippen LogP contribution in [0.3, 0.4) is 0 Å². The third kappa shape index (κ3) is 3.36. The molecule has 0 spiro atoms. The van der Waals surface area contributed by atoms with Gasteiger partial charge in [0.05, 0.1) is 12.7 Å². The number of phenolic OH excluding ortho intramolecular Hbond substituents is 1. The van der Waals surface area contributed by atoms with Crippen molar-refractivity contribution in [3.63, 3.8) is 0 Å². The van der Waals surface area contributed by atoms with E-state index in [1.165, 1.54) is 19.2 Å². The summed E-state index contributed by atoms with van der Waals surface area (Å²) in [5.74, 6) is -0.475. The van der Waals surface area contributed by atoms with Gasteiger partial charge >= 0.3 is 5.97 Å². The van der Waals surface area contributed by atoms with Gasteiger partial charge in [0.15, 0.2) is 5.58 Å². The van der Waals surface area contributed by atoms with Crippen LogP contribution in [0.4, 0.5) is 6.01 Å². The van der Waals surface area contributed by atoms with Crippen LogP contribution in [0, 0.1) is 0 Å². The standard InChI is InChI=1S/C20H19N3O5/c1-27-19(26)14-5-6-16-17(12-14)28-20(21-16)23-9-7-22(8-10-23)18(25)13-3-2-4-15(24)11-13/h2-6,11-12,24H,7-10H2,1H3. The molecule has 0 unspecified atom stereocenters. The van der Waals surface area contributed by atoms with Crippen molar-refractivity contribution in [3.8, 4) is 5.75 Å². The number of rotatable bonds is 3. The van der Waals surface area contributed by atoms with E-state index in [2.05, 4.69) is 4.98 Å². The Hall–Kier alpha value is -3.55. The zero-order valence-electron chi connectivity index (χ0n) is 15.3. The number of esters is 1. The number of fused-ring (bicyclic) bond motifs is 1. The Balaban J connectivity index is 1.46. The highest BCUT2D eigenvalue weighted by atomic mass is 16.5. The first kappa shape index (κ1) is 17.8. The highest BCUT2D eigenvalue weighted by molar-refractivity contribution is 5.95. The third-order valence-corrected chi connectivity index (χ3v) is 4.73. The van der Waals surface area contributed by atoms with Crippen LogP contribution in [-0.4, -0.2) is 60.2 Å². The van der Waals surface area contributed by atoms with Gasteiger partial charge in [-0.25, -0.2) is 4.79 Å². The summed E-state index contributed by atoms with van der Waals surface area (Å²) in [6, 6.07) is 11.8. The average Bonchev–Trinajstić information content (AvgIpc) is 3.16. The predicted molar refractivity (Wildman–Crippen MR) is 102 cm³/mol. The number of ether oxygens (including phenoxy) is 1. The Morgan fingerprint density at radius 3 is 2.57 bits per heavy atom. The number of hydrogen-bond acceptors (Lipinski definition) is 7. The molecule has 0 saturated carbocycles. The van der Waals surface area contributed by atoms with Crippen molar-refractivity contribution < 1.29 is 23.8 Å². The lowest BCUT2D eigenvalue weighted by molar-refractivity contribution is 0.0600. The lowest BCUT2D eigenvalue weighted by Crippen LogP contribution is -2.48. The van der Waals surface area contributed by atoms with Crippen LogP contribution in [-0.2, 0) is 4.74 Å². The number of anilines is 1. The van der Waals surface area contributed by atoms with Gasteiger partial charge in [-0.15, -0.1) is 0 Å². The molecule has 0 aliphatic carbocycles. The highest BCUT2D eigenvalue weighted by Crippen LogP contribution is 2.24. The van der Waals surface area contributed by atoms with E-state index >= 15 is 0 Å². The number of methoxy groups -OCH3 is 1. The van der Waals surface area contributed by atoms with E-state index in [4.69, 9.17) is 9.15 Å². The summed E-state index contributed by atoms with van der Waals surface area (Å²) in [7, 11) is 1.33. The van der Waals surface area contributed by atoms with E-state index in [1.54, 1.807) is 35.2 Å². The maximum atomic E-state index is 12.6. The van der Waals surface area contributed by atoms with E-state index in [9.17, 15) is 14.7 Å². The van der Waals surface area contributed by atoms with E-state index in [0.29, 0.717) is 54.4 Å². The second-order valence-electron chi connectivity index (χ2n) is 6.50. The van der Waals surface area contributed by atoms with Crippen molar-refractivity contribution >= 4 is 29.0 Å². The minimum absolute atomic E-state index is 0.0716. The molecule has 1 amide bonds. The average molecular weight is 381 g/mol. The normalized spacial score (nSPS) is 14.3. The van der Waals surface area contributed by atoms with Gasteiger partial charge in [-0.3, -0.25) is 4.79 Å². The summed E-state index contributed by atoms with van der Waals surface area (Å²) in [6.45, 7) is 2.17. The van der Waals surface area contributed by atoms with Gasteiger partial charge in [0.25, 0.3) is 11.9 Å². The highest BCUT2D eigenvalue weighted by Gasteiger charge is 2.25. The smallest absolute Gasteiger partial charge is 0.337 e. The van der Waals surface area contributed by atoms with Gasteiger partial charge in [0.1, 0.15) is 11.3 Å². The lowest BCUT2D eigenvalue weighted by Gasteiger charge is -2.33. The molecule has 1 aliphatic rings. The fourth-order valence-corrected chi connectivity index (χ4v) is 3.21. The summed E-state index contributed by atoms with van der Waals surface area (Å²) in [4.78, 5) is 32.4. The van der Waals surface area contributed by atoms with Crippen molar-refractivity contribution in [1.29, 1.82) is 0 Å². The molecule has 1 aliphatic heterocycles. The third-order valence-electron chi connectivity index (χ3n) is 4.73. The fraction of sp³-hybridized carbons (Fsp3) is 0.250. The molecule has 1 N–H and O–H groups in total. The molecule has 0 bridgehead atoms. The molecule has 8 nitrogen and oxygen atoms in total. The Bertz CT molecular complexity index is 1040. The van der Waals surface area contributed by atoms with E-state index in [-0.39, 0.29) is 11.7 Å². The number of carbonyl (C=O) groups is 2. The number of amides is 1. The first-order valence-corrected chi connectivity index (χ1v) is 8.87. The molecule has 3 aromatic rings. The van der Waals surface area contributed by atoms with Crippen molar-refractivity contribution in [3.05, 3.63) is 53.6 Å². The number of oxazole rings is 1. The molecule has 1 fully saturated rings. The van der Waals surface area contributed by atoms with Gasteiger partial charge in [0.2, 0.25) is 0 Å². The molecule has 144 valence electrons. The van der Waals surface area contributed by atoms with Gasteiger partial charge in [-0.1, -0.05) is 6.07 Å².